The monoisotopic (exact) mass is 508 g/mol. The maximum Gasteiger partial charge on any atom is 0.320 e. The Morgan fingerprint density at radius 2 is 1.72 bits per heavy atom. The van der Waals surface area contributed by atoms with E-state index in [1.165, 1.54) is 32.1 Å². The predicted molar refractivity (Wildman–Crippen MR) is 138 cm³/mol. The van der Waals surface area contributed by atoms with Gasteiger partial charge in [0, 0.05) is 25.6 Å². The summed E-state index contributed by atoms with van der Waals surface area (Å²) in [7, 11) is 0. The molecule has 0 aromatic carbocycles. The largest absolute Gasteiger partial charge is 0.389 e. The molecule has 1 saturated carbocycles. The zero-order valence-electron chi connectivity index (χ0n) is 22.5. The molecule has 4 atom stereocenters. The van der Waals surface area contributed by atoms with Gasteiger partial charge in [-0.3, -0.25) is 9.59 Å². The first kappa shape index (κ1) is 28.7. The van der Waals surface area contributed by atoms with Gasteiger partial charge in [0.15, 0.2) is 0 Å². The number of urea groups is 1. The molecular formula is C27H48N4O5. The predicted octanol–water partition coefficient (Wildman–Crippen LogP) is 2.66. The Labute approximate surface area is 216 Å². The van der Waals surface area contributed by atoms with Crippen LogP contribution in [0.3, 0.4) is 0 Å². The molecule has 3 aliphatic rings. The maximum atomic E-state index is 13.3. The molecule has 2 aliphatic heterocycles. The Kier molecular flexibility index (Phi) is 11.3. The van der Waals surface area contributed by atoms with Crippen LogP contribution in [0.25, 0.3) is 0 Å². The Bertz CT molecular complexity index is 721. The van der Waals surface area contributed by atoms with Crippen LogP contribution >= 0.6 is 0 Å². The molecule has 0 aromatic rings. The molecule has 3 rings (SSSR count). The first-order valence-electron chi connectivity index (χ1n) is 14.2. The van der Waals surface area contributed by atoms with E-state index in [0.29, 0.717) is 57.9 Å². The van der Waals surface area contributed by atoms with Crippen molar-refractivity contribution in [2.75, 3.05) is 32.8 Å². The molecule has 3 N–H and O–H groups in total. The number of hydrogen-bond donors (Lipinski definition) is 3. The summed E-state index contributed by atoms with van der Waals surface area (Å²) in [5.74, 6) is 0.534. The minimum Gasteiger partial charge on any atom is -0.389 e. The van der Waals surface area contributed by atoms with Crippen LogP contribution in [0.2, 0.25) is 0 Å². The number of morpholine rings is 1. The molecule has 9 nitrogen and oxygen atoms in total. The van der Waals surface area contributed by atoms with Crippen LogP contribution in [0.5, 0.6) is 0 Å². The summed E-state index contributed by atoms with van der Waals surface area (Å²) in [5, 5.41) is 16.9. The summed E-state index contributed by atoms with van der Waals surface area (Å²) >= 11 is 0. The molecule has 36 heavy (non-hydrogen) atoms. The molecular weight excluding hydrogens is 460 g/mol. The topological polar surface area (TPSA) is 111 Å². The molecule has 3 fully saturated rings. The van der Waals surface area contributed by atoms with Crippen LogP contribution in [0.15, 0.2) is 0 Å². The minimum atomic E-state index is -0.870. The van der Waals surface area contributed by atoms with Crippen molar-refractivity contribution in [2.45, 2.75) is 109 Å². The number of β-amino-alcohol motifs (C(OH)–C–C–N with tert-alkyl or cyclic N) is 1. The number of nitrogens with zero attached hydrogens (tertiary/aromatic N) is 2. The van der Waals surface area contributed by atoms with Crippen LogP contribution in [0.1, 0.15) is 85.0 Å². The van der Waals surface area contributed by atoms with Gasteiger partial charge in [0.1, 0.15) is 6.04 Å². The summed E-state index contributed by atoms with van der Waals surface area (Å²) in [6.07, 6.45) is 8.47. The summed E-state index contributed by atoms with van der Waals surface area (Å²) in [6.45, 7) is 8.38. The molecule has 2 saturated heterocycles. The van der Waals surface area contributed by atoms with Gasteiger partial charge in [-0.25, -0.2) is 4.79 Å². The van der Waals surface area contributed by atoms with Gasteiger partial charge >= 0.3 is 6.03 Å². The highest BCUT2D eigenvalue weighted by Gasteiger charge is 2.36. The summed E-state index contributed by atoms with van der Waals surface area (Å²) in [5.41, 5.74) is 0. The zero-order valence-corrected chi connectivity index (χ0v) is 22.5. The van der Waals surface area contributed by atoms with Crippen molar-refractivity contribution in [3.63, 3.8) is 0 Å². The molecule has 4 amide bonds. The lowest BCUT2D eigenvalue weighted by molar-refractivity contribution is -0.130. The second-order valence-corrected chi connectivity index (χ2v) is 11.4. The third-order valence-electron chi connectivity index (χ3n) is 7.99. The van der Waals surface area contributed by atoms with Crippen molar-refractivity contribution < 1.29 is 24.2 Å². The average Bonchev–Trinajstić information content (AvgIpc) is 3.01. The quantitative estimate of drug-likeness (QED) is 0.467. The van der Waals surface area contributed by atoms with Crippen molar-refractivity contribution in [2.24, 2.45) is 11.8 Å². The van der Waals surface area contributed by atoms with Crippen molar-refractivity contribution in [1.29, 1.82) is 0 Å². The van der Waals surface area contributed by atoms with Crippen molar-refractivity contribution in [3.05, 3.63) is 0 Å². The summed E-state index contributed by atoms with van der Waals surface area (Å²) < 4.78 is 5.35. The van der Waals surface area contributed by atoms with E-state index in [0.717, 1.165) is 6.42 Å². The van der Waals surface area contributed by atoms with E-state index in [9.17, 15) is 19.5 Å². The van der Waals surface area contributed by atoms with Gasteiger partial charge in [-0.1, -0.05) is 46.0 Å². The van der Waals surface area contributed by atoms with Crippen LogP contribution in [-0.4, -0.2) is 89.8 Å². The van der Waals surface area contributed by atoms with Crippen molar-refractivity contribution in [1.82, 2.24) is 20.4 Å². The molecule has 206 valence electrons. The third-order valence-corrected chi connectivity index (χ3v) is 7.99. The highest BCUT2D eigenvalue weighted by Crippen LogP contribution is 2.27. The van der Waals surface area contributed by atoms with E-state index in [4.69, 9.17) is 4.74 Å². The molecule has 0 radical (unpaired) electrons. The Balaban J connectivity index is 1.54. The van der Waals surface area contributed by atoms with Crippen LogP contribution in [0, 0.1) is 11.8 Å². The number of carbonyl (C=O) groups excluding carboxylic acids is 3. The number of amides is 4. The van der Waals surface area contributed by atoms with Crippen LogP contribution in [-0.2, 0) is 14.3 Å². The number of ether oxygens (including phenoxy) is 1. The number of rotatable bonds is 8. The number of aliphatic hydroxyl groups is 1. The number of nitrogens with one attached hydrogen (secondary N) is 2. The van der Waals surface area contributed by atoms with Gasteiger partial charge in [-0.15, -0.1) is 0 Å². The van der Waals surface area contributed by atoms with E-state index in [2.05, 4.69) is 10.6 Å². The van der Waals surface area contributed by atoms with Gasteiger partial charge in [-0.2, -0.15) is 0 Å². The zero-order chi connectivity index (χ0) is 26.1. The average molecular weight is 509 g/mol. The van der Waals surface area contributed by atoms with E-state index in [-0.39, 0.29) is 36.3 Å². The van der Waals surface area contributed by atoms with E-state index in [1.54, 1.807) is 9.80 Å². The fraction of sp³-hybridized carbons (Fsp3) is 0.889. The first-order chi connectivity index (χ1) is 17.2. The Hall–Kier alpha value is -1.87. The molecule has 0 unspecified atom stereocenters. The maximum absolute atomic E-state index is 13.3. The second kappa shape index (κ2) is 14.2. The number of carbonyl (C=O) groups is 3. The fourth-order valence-corrected chi connectivity index (χ4v) is 5.71. The van der Waals surface area contributed by atoms with E-state index >= 15 is 0 Å². The minimum absolute atomic E-state index is 0.0390. The summed E-state index contributed by atoms with van der Waals surface area (Å²) in [6, 6.07) is -1.21. The molecule has 1 aliphatic carbocycles. The van der Waals surface area contributed by atoms with Crippen LogP contribution in [0.4, 0.5) is 4.79 Å². The lowest BCUT2D eigenvalue weighted by atomic mass is 9.86. The highest BCUT2D eigenvalue weighted by molar-refractivity contribution is 5.87. The fourth-order valence-electron chi connectivity index (χ4n) is 5.71. The number of aliphatic hydroxyl groups excluding tert-OH is 1. The third kappa shape index (κ3) is 8.61. The molecule has 0 bridgehead atoms. The lowest BCUT2D eigenvalue weighted by Crippen LogP contribution is -2.55. The highest BCUT2D eigenvalue weighted by atomic mass is 16.5. The lowest BCUT2D eigenvalue weighted by Gasteiger charge is -2.36. The normalized spacial score (nSPS) is 26.9. The van der Waals surface area contributed by atoms with Gasteiger partial charge < -0.3 is 30.3 Å². The number of hydrogen-bond acceptors (Lipinski definition) is 5. The van der Waals surface area contributed by atoms with Gasteiger partial charge in [0.2, 0.25) is 11.8 Å². The summed E-state index contributed by atoms with van der Waals surface area (Å²) in [4.78, 5) is 42.5. The molecule has 9 heteroatoms. The standard InChI is InChI=1S/C27H48N4O5/c1-19(2)17-23(28-25(33)12-10-21-7-5-4-6-8-21)26(34)29-22-11-9-20(3)31(18-24(22)32)27(35)30-13-15-36-16-14-30/h19-24,32H,4-18H2,1-3H3,(H,28,33)(H,29,34)/t20-,22+,23+,24+/m1/s1. The molecule has 0 spiro atoms. The van der Waals surface area contributed by atoms with Crippen molar-refractivity contribution in [3.8, 4) is 0 Å². The Morgan fingerprint density at radius 3 is 2.39 bits per heavy atom. The Morgan fingerprint density at radius 1 is 1.03 bits per heavy atom. The molecule has 2 heterocycles. The van der Waals surface area contributed by atoms with E-state index in [1.807, 2.05) is 20.8 Å². The van der Waals surface area contributed by atoms with Gasteiger partial charge in [0.25, 0.3) is 0 Å². The first-order valence-corrected chi connectivity index (χ1v) is 14.2. The smallest absolute Gasteiger partial charge is 0.320 e. The van der Waals surface area contributed by atoms with Gasteiger partial charge in [0.05, 0.1) is 31.9 Å². The van der Waals surface area contributed by atoms with E-state index < -0.39 is 18.2 Å². The molecule has 0 aromatic heterocycles. The van der Waals surface area contributed by atoms with Gasteiger partial charge in [-0.05, 0) is 44.4 Å². The SMILES string of the molecule is CC(C)C[C@H](NC(=O)CCC1CCCCC1)C(=O)N[C@H]1CC[C@@H](C)N(C(=O)N2CCOCC2)C[C@@H]1O. The second-order valence-electron chi connectivity index (χ2n) is 11.4. The van der Waals surface area contributed by atoms with Crippen molar-refractivity contribution >= 4 is 17.8 Å². The number of likely N-dealkylation sites (tertiary alicyclic amines) is 1. The van der Waals surface area contributed by atoms with Crippen LogP contribution < -0.4 is 10.6 Å².